The van der Waals surface area contributed by atoms with E-state index in [-0.39, 0.29) is 5.57 Å². The van der Waals surface area contributed by atoms with Gasteiger partial charge in [-0.3, -0.25) is 4.79 Å². The van der Waals surface area contributed by atoms with Gasteiger partial charge in [-0.05, 0) is 84.4 Å². The predicted molar refractivity (Wildman–Crippen MR) is 215 cm³/mol. The number of hydrogen-bond acceptors (Lipinski definition) is 10. The van der Waals surface area contributed by atoms with Crippen LogP contribution in [-0.2, 0) is 19.1 Å². The molecule has 2 aromatic heterocycles. The van der Waals surface area contributed by atoms with Gasteiger partial charge in [-0.25, -0.2) is 16.2 Å². The molecule has 0 spiro atoms. The number of carbonyl (C=O) groups excluding carboxylic acids is 1. The quantitative estimate of drug-likeness (QED) is 0.0672. The lowest BCUT2D eigenvalue weighted by molar-refractivity contribution is -0.135. The van der Waals surface area contributed by atoms with Gasteiger partial charge in [0, 0.05) is 65.0 Å². The molecule has 0 unspecified atom stereocenters. The number of hydrogen-bond donors (Lipinski definition) is 2. The topological polar surface area (TPSA) is 171 Å². The van der Waals surface area contributed by atoms with E-state index in [9.17, 15) is 14.4 Å². The second-order valence-electron chi connectivity index (χ2n) is 12.9. The van der Waals surface area contributed by atoms with Crippen LogP contribution < -0.4 is 9.80 Å². The van der Waals surface area contributed by atoms with E-state index < -0.39 is 18.5 Å². The van der Waals surface area contributed by atoms with Gasteiger partial charge in [0.15, 0.2) is 0 Å². The van der Waals surface area contributed by atoms with Gasteiger partial charge in [0.2, 0.25) is 0 Å². The highest BCUT2D eigenvalue weighted by molar-refractivity contribution is 5.97. The van der Waals surface area contributed by atoms with Crippen molar-refractivity contribution < 1.29 is 42.9 Å². The molecule has 8 rings (SSSR count). The Bertz CT molecular complexity index is 2460. The van der Waals surface area contributed by atoms with Gasteiger partial charge in [0.05, 0.1) is 26.4 Å². The average molecular weight is 767 g/mol. The zero-order chi connectivity index (χ0) is 40.1. The number of aldehydes is 1. The predicted octanol–water partition coefficient (Wildman–Crippen LogP) is 7.67. The van der Waals surface area contributed by atoms with Crippen molar-refractivity contribution in [2.45, 2.75) is 0 Å². The number of benzene rings is 4. The Kier molecular flexibility index (Phi) is 13.1. The Hall–Kier alpha value is -7.19. The average Bonchev–Trinajstić information content (AvgIpc) is 3.88. The number of furan rings is 2. The van der Waals surface area contributed by atoms with Crippen molar-refractivity contribution in [3.63, 3.8) is 0 Å². The highest BCUT2D eigenvalue weighted by atomic mass is 16.5. The number of carboxylic acid groups (broad SMARTS) is 2. The van der Waals surface area contributed by atoms with Gasteiger partial charge in [0.25, 0.3) is 0 Å². The standard InChI is InChI=1S/C22H18N2O4.C19H17NO3.C3H3NO2/c23-14-18(22(25)26)11-15-1-2-17-13-21(28-20(17)12-15)16-3-5-19(6-4-16)24-7-9-27-10-8-24;21-13-14-1-2-16-12-19(23-18(16)11-14)15-3-5-17(6-4-15)20-7-9-22-10-8-20;1-4-2-3(5)6/h1-6,11-13H,7-10H2,(H,25,26);1-6,11-13H,7-10H2;2H2,(H,5,6). The van der Waals surface area contributed by atoms with E-state index in [1.54, 1.807) is 30.3 Å². The molecule has 2 aliphatic rings. The lowest BCUT2D eigenvalue weighted by Gasteiger charge is -2.28. The third-order valence-corrected chi connectivity index (χ3v) is 9.16. The van der Waals surface area contributed by atoms with E-state index in [4.69, 9.17) is 40.4 Å². The van der Waals surface area contributed by atoms with E-state index in [2.05, 4.69) is 51.0 Å². The molecule has 6 aromatic rings. The van der Waals surface area contributed by atoms with Gasteiger partial charge < -0.3 is 43.2 Å². The fourth-order valence-electron chi connectivity index (χ4n) is 6.24. The van der Waals surface area contributed by atoms with Crippen molar-refractivity contribution in [1.82, 2.24) is 0 Å². The summed E-state index contributed by atoms with van der Waals surface area (Å²) in [5.74, 6) is -0.756. The van der Waals surface area contributed by atoms with E-state index in [0.29, 0.717) is 16.7 Å². The molecule has 0 amide bonds. The molecule has 288 valence electrons. The van der Waals surface area contributed by atoms with Crippen LogP contribution in [-0.4, -0.2) is 87.6 Å². The second kappa shape index (κ2) is 18.9. The Balaban J connectivity index is 0.000000171. The summed E-state index contributed by atoms with van der Waals surface area (Å²) in [6.07, 6.45) is 2.17. The molecular weight excluding hydrogens is 729 g/mol. The molecule has 0 bridgehead atoms. The van der Waals surface area contributed by atoms with Gasteiger partial charge in [-0.2, -0.15) is 5.26 Å². The summed E-state index contributed by atoms with van der Waals surface area (Å²) in [6.45, 7) is 12.3. The minimum absolute atomic E-state index is 0.315. The molecule has 2 saturated heterocycles. The van der Waals surface area contributed by atoms with E-state index in [1.165, 1.54) is 11.8 Å². The monoisotopic (exact) mass is 766 g/mol. The number of carboxylic acids is 2. The molecule has 0 saturated carbocycles. The van der Waals surface area contributed by atoms with Crippen molar-refractivity contribution in [2.75, 3.05) is 69.0 Å². The van der Waals surface area contributed by atoms with Crippen molar-refractivity contribution in [3.8, 4) is 28.7 Å². The maximum Gasteiger partial charge on any atom is 0.384 e. The van der Waals surface area contributed by atoms with Crippen molar-refractivity contribution in [2.24, 2.45) is 0 Å². The maximum atomic E-state index is 11.0. The van der Waals surface area contributed by atoms with Gasteiger partial charge in [-0.15, -0.1) is 0 Å². The summed E-state index contributed by atoms with van der Waals surface area (Å²) < 4.78 is 22.6. The normalized spacial score (nSPS) is 14.0. The van der Waals surface area contributed by atoms with Crippen molar-refractivity contribution in [1.29, 1.82) is 5.26 Å². The van der Waals surface area contributed by atoms with Crippen LogP contribution in [0.4, 0.5) is 11.4 Å². The first-order valence-corrected chi connectivity index (χ1v) is 18.0. The number of aliphatic carboxylic acids is 2. The molecule has 0 radical (unpaired) electrons. The third-order valence-electron chi connectivity index (χ3n) is 9.16. The van der Waals surface area contributed by atoms with Crippen molar-refractivity contribution in [3.05, 3.63) is 125 Å². The Morgan fingerprint density at radius 3 is 1.54 bits per heavy atom. The first kappa shape index (κ1) is 39.5. The van der Waals surface area contributed by atoms with Crippen LogP contribution in [0.25, 0.3) is 55.5 Å². The minimum Gasteiger partial charge on any atom is -0.477 e. The van der Waals surface area contributed by atoms with Crippen LogP contribution in [0, 0.1) is 17.9 Å². The lowest BCUT2D eigenvalue weighted by Crippen LogP contribution is -2.36. The van der Waals surface area contributed by atoms with Crippen LogP contribution in [0.15, 0.2) is 111 Å². The summed E-state index contributed by atoms with van der Waals surface area (Å²) in [4.78, 5) is 38.4. The molecule has 0 atom stereocenters. The first-order chi connectivity index (χ1) is 27.7. The maximum absolute atomic E-state index is 11.0. The number of carbonyl (C=O) groups is 3. The fraction of sp³-hybridized carbons (Fsp3) is 0.205. The SMILES string of the molecule is N#CC(=Cc1ccc2cc(-c3ccc(N4CCOCC4)cc3)oc2c1)C(=O)O.O=Cc1ccc2cc(-c3ccc(N4CCOCC4)cc3)oc2c1.[C-]#[N+]CC(=O)O. The van der Waals surface area contributed by atoms with E-state index in [1.807, 2.05) is 36.4 Å². The van der Waals surface area contributed by atoms with Gasteiger partial charge in [-0.1, -0.05) is 24.3 Å². The third kappa shape index (κ3) is 10.3. The molecule has 0 aliphatic carbocycles. The Labute approximate surface area is 328 Å². The zero-order valence-electron chi connectivity index (χ0n) is 30.8. The second-order valence-corrected chi connectivity index (χ2v) is 12.9. The molecule has 13 heteroatoms. The van der Waals surface area contributed by atoms with Crippen molar-refractivity contribution >= 4 is 57.6 Å². The van der Waals surface area contributed by atoms with Crippen LogP contribution in [0.2, 0.25) is 0 Å². The highest BCUT2D eigenvalue weighted by Crippen LogP contribution is 2.32. The lowest BCUT2D eigenvalue weighted by atomic mass is 10.1. The molecule has 2 aliphatic heterocycles. The molecule has 2 N–H and O–H groups in total. The zero-order valence-corrected chi connectivity index (χ0v) is 30.8. The van der Waals surface area contributed by atoms with Gasteiger partial charge in [0.1, 0.15) is 40.6 Å². The molecule has 4 aromatic carbocycles. The number of anilines is 2. The summed E-state index contributed by atoms with van der Waals surface area (Å²) >= 11 is 0. The molecular formula is C44H38N4O9. The Morgan fingerprint density at radius 2 is 1.16 bits per heavy atom. The molecule has 57 heavy (non-hydrogen) atoms. The highest BCUT2D eigenvalue weighted by Gasteiger charge is 2.14. The smallest absolute Gasteiger partial charge is 0.384 e. The van der Waals surface area contributed by atoms with Crippen LogP contribution in [0.3, 0.4) is 0 Å². The molecule has 4 heterocycles. The van der Waals surface area contributed by atoms with E-state index in [0.717, 1.165) is 104 Å². The number of rotatable bonds is 8. The van der Waals surface area contributed by atoms with Crippen LogP contribution in [0.1, 0.15) is 15.9 Å². The molecule has 2 fully saturated rings. The summed E-state index contributed by atoms with van der Waals surface area (Å²) in [6, 6.07) is 33.1. The minimum atomic E-state index is -1.25. The Morgan fingerprint density at radius 1 is 0.702 bits per heavy atom. The number of morpholine rings is 2. The van der Waals surface area contributed by atoms with Crippen LogP contribution >= 0.6 is 0 Å². The fourth-order valence-corrected chi connectivity index (χ4v) is 6.24. The first-order valence-electron chi connectivity index (χ1n) is 18.0. The number of fused-ring (bicyclic) bond motifs is 2. The largest absolute Gasteiger partial charge is 0.477 e. The number of nitriles is 1. The summed E-state index contributed by atoms with van der Waals surface area (Å²) in [5, 5.41) is 27.5. The number of nitrogens with zero attached hydrogens (tertiary/aromatic N) is 4. The summed E-state index contributed by atoms with van der Waals surface area (Å²) in [5.41, 5.74) is 6.66. The number of ether oxygens (including phenoxy) is 2. The molecule has 13 nitrogen and oxygen atoms in total. The summed E-state index contributed by atoms with van der Waals surface area (Å²) in [7, 11) is 0. The van der Waals surface area contributed by atoms with Crippen LogP contribution in [0.5, 0.6) is 0 Å². The van der Waals surface area contributed by atoms with Gasteiger partial charge >= 0.3 is 18.5 Å². The van der Waals surface area contributed by atoms with E-state index >= 15 is 0 Å².